The van der Waals surface area contributed by atoms with Gasteiger partial charge in [-0.15, -0.1) is 0 Å². The van der Waals surface area contributed by atoms with Crippen LogP contribution in [-0.2, 0) is 29.2 Å². The summed E-state index contributed by atoms with van der Waals surface area (Å²) in [5, 5.41) is 4.30. The van der Waals surface area contributed by atoms with Crippen LogP contribution in [0.2, 0.25) is 0 Å². The molecule has 29 heavy (non-hydrogen) atoms. The smallest absolute Gasteiger partial charge is 0.219 e. The number of hydrogen-bond donors (Lipinski definition) is 2. The minimum Gasteiger partial charge on any atom is -0.370 e. The molecule has 0 unspecified atom stereocenters. The van der Waals surface area contributed by atoms with Crippen molar-refractivity contribution in [3.8, 4) is 0 Å². The molecule has 0 spiro atoms. The molecule has 1 aromatic heterocycles. The van der Waals surface area contributed by atoms with Crippen LogP contribution in [0, 0.1) is 17.5 Å². The second-order valence-corrected chi connectivity index (χ2v) is 7.56. The first kappa shape index (κ1) is 19.9. The van der Waals surface area contributed by atoms with E-state index in [9.17, 15) is 18.0 Å². The van der Waals surface area contributed by atoms with Crippen LogP contribution in [0.25, 0.3) is 0 Å². The van der Waals surface area contributed by atoms with Crippen LogP contribution in [0.5, 0.6) is 0 Å². The number of primary amides is 1. The van der Waals surface area contributed by atoms with E-state index in [0.717, 1.165) is 17.3 Å². The summed E-state index contributed by atoms with van der Waals surface area (Å²) in [7, 11) is 0. The fourth-order valence-electron chi connectivity index (χ4n) is 4.07. The molecule has 3 heterocycles. The van der Waals surface area contributed by atoms with Gasteiger partial charge in [0.25, 0.3) is 0 Å². The molecule has 1 fully saturated rings. The third-order valence-corrected chi connectivity index (χ3v) is 5.60. The fourth-order valence-corrected chi connectivity index (χ4v) is 4.07. The predicted molar refractivity (Wildman–Crippen MR) is 96.7 cm³/mol. The molecule has 1 amide bonds. The van der Waals surface area contributed by atoms with Gasteiger partial charge < -0.3 is 16.2 Å². The highest BCUT2D eigenvalue weighted by atomic mass is 19.2. The average molecular weight is 409 g/mol. The Labute approximate surface area is 165 Å². The predicted octanol–water partition coefficient (Wildman–Crippen LogP) is 1.35. The van der Waals surface area contributed by atoms with Crippen LogP contribution in [-0.4, -0.2) is 39.3 Å². The number of carbonyl (C=O) groups is 1. The van der Waals surface area contributed by atoms with Crippen molar-refractivity contribution in [3.63, 3.8) is 0 Å². The summed E-state index contributed by atoms with van der Waals surface area (Å²) in [6, 6.07) is 0.755. The van der Waals surface area contributed by atoms with E-state index in [1.165, 1.54) is 0 Å². The second-order valence-electron chi connectivity index (χ2n) is 7.56. The van der Waals surface area contributed by atoms with Gasteiger partial charge >= 0.3 is 0 Å². The molecule has 0 saturated carbocycles. The van der Waals surface area contributed by atoms with E-state index in [4.69, 9.17) is 16.2 Å². The largest absolute Gasteiger partial charge is 0.370 e. The minimum absolute atomic E-state index is 0.00778. The molecule has 2 aromatic rings. The van der Waals surface area contributed by atoms with Crippen LogP contribution >= 0.6 is 0 Å². The molecule has 1 saturated heterocycles. The van der Waals surface area contributed by atoms with Crippen molar-refractivity contribution in [1.82, 2.24) is 14.7 Å². The zero-order valence-electron chi connectivity index (χ0n) is 15.7. The Hall–Kier alpha value is -2.43. The Morgan fingerprint density at radius 2 is 1.97 bits per heavy atom. The van der Waals surface area contributed by atoms with Crippen LogP contribution in [0.3, 0.4) is 0 Å². The van der Waals surface area contributed by atoms with Gasteiger partial charge in [0.1, 0.15) is 11.9 Å². The van der Waals surface area contributed by atoms with Crippen molar-refractivity contribution < 1.29 is 22.7 Å². The minimum atomic E-state index is -1.24. The fraction of sp³-hybridized carbons (Fsp3) is 0.474. The molecule has 2 aliphatic rings. The number of amides is 1. The number of benzene rings is 1. The average Bonchev–Trinajstić information content (AvgIpc) is 3.24. The number of nitrogens with zero attached hydrogens (tertiary/aromatic N) is 3. The number of rotatable bonds is 5. The Bertz CT molecular complexity index is 935. The topological polar surface area (TPSA) is 99.4 Å². The van der Waals surface area contributed by atoms with Gasteiger partial charge in [-0.05, 0) is 12.5 Å². The highest BCUT2D eigenvalue weighted by Gasteiger charge is 2.37. The van der Waals surface area contributed by atoms with Crippen molar-refractivity contribution in [2.75, 3.05) is 6.61 Å². The number of aromatic nitrogens is 2. The monoisotopic (exact) mass is 409 g/mol. The molecule has 0 aliphatic carbocycles. The van der Waals surface area contributed by atoms with Gasteiger partial charge in [0.2, 0.25) is 5.91 Å². The summed E-state index contributed by atoms with van der Waals surface area (Å²) >= 11 is 0. The third-order valence-electron chi connectivity index (χ3n) is 5.60. The standard InChI is InChI=1S/C19H22F3N5O2/c20-13-5-15(22)14(21)4-12(13)19-16(23)3-11(9-29-19)26-7-10-6-25-27(17(10)8-26)2-1-18(24)28/h4-6,11,16,19H,1-3,7-9,23H2,(H2,24,28)/t11-,16+,19-/m1/s1. The number of carbonyl (C=O) groups excluding carboxylic acids is 1. The third kappa shape index (κ3) is 3.87. The first-order chi connectivity index (χ1) is 13.8. The number of nitrogens with two attached hydrogens (primary N) is 2. The summed E-state index contributed by atoms with van der Waals surface area (Å²) in [5.41, 5.74) is 13.4. The van der Waals surface area contributed by atoms with Gasteiger partial charge in [0.15, 0.2) is 11.6 Å². The van der Waals surface area contributed by atoms with Gasteiger partial charge in [0.05, 0.1) is 25.0 Å². The first-order valence-corrected chi connectivity index (χ1v) is 9.41. The molecule has 7 nitrogen and oxygen atoms in total. The van der Waals surface area contributed by atoms with Gasteiger partial charge in [-0.25, -0.2) is 13.2 Å². The summed E-state index contributed by atoms with van der Waals surface area (Å²) in [5.74, 6) is -3.62. The highest BCUT2D eigenvalue weighted by molar-refractivity contribution is 5.73. The van der Waals surface area contributed by atoms with Gasteiger partial charge in [-0.2, -0.15) is 5.10 Å². The summed E-state index contributed by atoms with van der Waals surface area (Å²) < 4.78 is 48.4. The Morgan fingerprint density at radius 1 is 1.21 bits per heavy atom. The van der Waals surface area contributed by atoms with E-state index < -0.39 is 29.6 Å². The van der Waals surface area contributed by atoms with Crippen LogP contribution < -0.4 is 11.5 Å². The number of halogens is 3. The van der Waals surface area contributed by atoms with E-state index in [0.29, 0.717) is 32.1 Å². The molecule has 4 rings (SSSR count). The van der Waals surface area contributed by atoms with E-state index in [-0.39, 0.29) is 30.5 Å². The quantitative estimate of drug-likeness (QED) is 0.727. The van der Waals surface area contributed by atoms with Crippen molar-refractivity contribution in [3.05, 3.63) is 52.6 Å². The number of hydrogen-bond acceptors (Lipinski definition) is 5. The van der Waals surface area contributed by atoms with E-state index in [1.807, 2.05) is 0 Å². The molecule has 0 radical (unpaired) electrons. The van der Waals surface area contributed by atoms with Crippen LogP contribution in [0.1, 0.15) is 35.8 Å². The van der Waals surface area contributed by atoms with E-state index in [1.54, 1.807) is 10.9 Å². The molecule has 4 N–H and O–H groups in total. The summed E-state index contributed by atoms with van der Waals surface area (Å²) in [6.45, 7) is 2.00. The maximum Gasteiger partial charge on any atom is 0.219 e. The van der Waals surface area contributed by atoms with Crippen LogP contribution in [0.15, 0.2) is 18.3 Å². The summed E-state index contributed by atoms with van der Waals surface area (Å²) in [4.78, 5) is 13.2. The molecule has 0 bridgehead atoms. The normalized spacial score (nSPS) is 24.6. The van der Waals surface area contributed by atoms with Crippen molar-refractivity contribution >= 4 is 5.91 Å². The lowest BCUT2D eigenvalue weighted by molar-refractivity contribution is -0.118. The van der Waals surface area contributed by atoms with Crippen molar-refractivity contribution in [2.45, 2.75) is 50.7 Å². The highest BCUT2D eigenvalue weighted by Crippen LogP contribution is 2.34. The zero-order chi connectivity index (χ0) is 20.7. The molecule has 156 valence electrons. The number of aryl methyl sites for hydroxylation is 1. The summed E-state index contributed by atoms with van der Waals surface area (Å²) in [6.07, 6.45) is 1.67. The van der Waals surface area contributed by atoms with Gasteiger partial charge in [-0.1, -0.05) is 0 Å². The maximum absolute atomic E-state index is 14.1. The Morgan fingerprint density at radius 3 is 2.69 bits per heavy atom. The maximum atomic E-state index is 14.1. The lowest BCUT2D eigenvalue weighted by atomic mass is 9.93. The van der Waals surface area contributed by atoms with Gasteiger partial charge in [-0.3, -0.25) is 14.4 Å². The van der Waals surface area contributed by atoms with Crippen molar-refractivity contribution in [2.24, 2.45) is 11.5 Å². The van der Waals surface area contributed by atoms with Crippen LogP contribution in [0.4, 0.5) is 13.2 Å². The first-order valence-electron chi connectivity index (χ1n) is 9.41. The SMILES string of the molecule is NC(=O)CCn1ncc2c1CN([C@H]1CO[C@H](c3cc(F)c(F)cc3F)[C@@H](N)C1)C2. The Balaban J connectivity index is 1.42. The van der Waals surface area contributed by atoms with E-state index in [2.05, 4.69) is 10.00 Å². The molecule has 1 aromatic carbocycles. The van der Waals surface area contributed by atoms with Crippen molar-refractivity contribution in [1.29, 1.82) is 0 Å². The van der Waals surface area contributed by atoms with E-state index >= 15 is 0 Å². The van der Waals surface area contributed by atoms with Gasteiger partial charge in [0, 0.05) is 48.8 Å². The molecular formula is C19H22F3N5O2. The molecule has 2 aliphatic heterocycles. The molecule has 10 heteroatoms. The lowest BCUT2D eigenvalue weighted by Crippen LogP contribution is -2.47. The Kier molecular flexibility index (Phi) is 5.32. The molecular weight excluding hydrogens is 387 g/mol. The zero-order valence-corrected chi connectivity index (χ0v) is 15.7. The lowest BCUT2D eigenvalue weighted by Gasteiger charge is -2.38. The molecule has 3 atom stereocenters. The second kappa shape index (κ2) is 7.77. The number of fused-ring (bicyclic) bond motifs is 1. The number of ether oxygens (including phenoxy) is 1.